The van der Waals surface area contributed by atoms with Crippen LogP contribution in [0.25, 0.3) is 0 Å². The zero-order valence-corrected chi connectivity index (χ0v) is 6.03. The first kappa shape index (κ1) is 8.14. The molecule has 0 aliphatic heterocycles. The molecular weight excluding hydrogens is 116 g/mol. The van der Waals surface area contributed by atoms with Crippen molar-refractivity contribution >= 4 is 12.6 Å². The van der Waals surface area contributed by atoms with Crippen LogP contribution in [-0.4, -0.2) is 19.7 Å². The van der Waals surface area contributed by atoms with Gasteiger partial charge in [-0.2, -0.15) is 0 Å². The van der Waals surface area contributed by atoms with E-state index in [4.69, 9.17) is 0 Å². The van der Waals surface area contributed by atoms with Gasteiger partial charge in [0.1, 0.15) is 7.11 Å². The van der Waals surface area contributed by atoms with Crippen molar-refractivity contribution in [1.82, 2.24) is 0 Å². The summed E-state index contributed by atoms with van der Waals surface area (Å²) in [5, 5.41) is 3.42. The van der Waals surface area contributed by atoms with Gasteiger partial charge < -0.3 is 4.84 Å². The van der Waals surface area contributed by atoms with Crippen molar-refractivity contribution in [3.63, 3.8) is 0 Å². The second-order valence-electron chi connectivity index (χ2n) is 1.95. The van der Waals surface area contributed by atoms with Crippen molar-refractivity contribution in [2.24, 2.45) is 16.1 Å². The summed E-state index contributed by atoms with van der Waals surface area (Å²) in [6, 6.07) is 0. The first-order valence-electron chi connectivity index (χ1n) is 2.85. The van der Waals surface area contributed by atoms with E-state index in [2.05, 4.69) is 15.0 Å². The first-order chi connectivity index (χ1) is 4.27. The van der Waals surface area contributed by atoms with Crippen molar-refractivity contribution in [3.8, 4) is 0 Å². The van der Waals surface area contributed by atoms with Crippen LogP contribution in [0, 0.1) is 5.92 Å². The topological polar surface area (TPSA) is 34.0 Å². The minimum absolute atomic E-state index is 0.466. The molecule has 0 saturated heterocycles. The summed E-state index contributed by atoms with van der Waals surface area (Å²) in [6.45, 7) is 4.09. The molecule has 0 aliphatic carbocycles. The van der Waals surface area contributed by atoms with Crippen LogP contribution in [0.5, 0.6) is 0 Å². The summed E-state index contributed by atoms with van der Waals surface area (Å²) >= 11 is 0. The lowest BCUT2D eigenvalue weighted by Crippen LogP contribution is -1.86. The fourth-order valence-corrected chi connectivity index (χ4v) is 0.285. The second-order valence-corrected chi connectivity index (χ2v) is 1.95. The molecule has 0 fully saturated rings. The second kappa shape index (κ2) is 5.28. The SMILES string of the molecule is CO/N=C\N=C\C(C)C. The Hall–Kier alpha value is -0.860. The number of hydrogen-bond acceptors (Lipinski definition) is 2. The highest BCUT2D eigenvalue weighted by atomic mass is 16.6. The molecule has 0 saturated carbocycles. The van der Waals surface area contributed by atoms with Gasteiger partial charge in [0.2, 0.25) is 0 Å². The maximum absolute atomic E-state index is 4.38. The summed E-state index contributed by atoms with van der Waals surface area (Å²) in [5.74, 6) is 0.466. The Morgan fingerprint density at radius 3 is 2.56 bits per heavy atom. The molecule has 3 nitrogen and oxygen atoms in total. The van der Waals surface area contributed by atoms with Crippen molar-refractivity contribution in [2.45, 2.75) is 13.8 Å². The van der Waals surface area contributed by atoms with Gasteiger partial charge in [0, 0.05) is 6.21 Å². The highest BCUT2D eigenvalue weighted by molar-refractivity contribution is 5.72. The standard InChI is InChI=1S/C6H12N2O/c1-6(2)4-7-5-8-9-3/h4-6H,1-3H3/b7-4+,8-5-. The molecular formula is C6H12N2O. The Bertz CT molecular complexity index is 108. The van der Waals surface area contributed by atoms with Crippen LogP contribution in [0.15, 0.2) is 10.1 Å². The third kappa shape index (κ3) is 7.14. The molecule has 0 rings (SSSR count). The van der Waals surface area contributed by atoms with Gasteiger partial charge in [0.15, 0.2) is 6.34 Å². The van der Waals surface area contributed by atoms with Crippen LogP contribution >= 0.6 is 0 Å². The van der Waals surface area contributed by atoms with E-state index in [0.717, 1.165) is 0 Å². The molecule has 0 amide bonds. The molecule has 0 spiro atoms. The lowest BCUT2D eigenvalue weighted by atomic mass is 10.3. The van der Waals surface area contributed by atoms with Crippen LogP contribution in [0.2, 0.25) is 0 Å². The summed E-state index contributed by atoms with van der Waals surface area (Å²) in [7, 11) is 1.49. The average molecular weight is 128 g/mol. The first-order valence-corrected chi connectivity index (χ1v) is 2.85. The Balaban J connectivity index is 3.35. The highest BCUT2D eigenvalue weighted by Crippen LogP contribution is 1.82. The van der Waals surface area contributed by atoms with Crippen molar-refractivity contribution in [2.75, 3.05) is 7.11 Å². The van der Waals surface area contributed by atoms with Gasteiger partial charge in [-0.25, -0.2) is 4.99 Å². The van der Waals surface area contributed by atoms with Gasteiger partial charge in [0.25, 0.3) is 0 Å². The average Bonchev–Trinajstić information content (AvgIpc) is 1.80. The van der Waals surface area contributed by atoms with Gasteiger partial charge in [0.05, 0.1) is 0 Å². The van der Waals surface area contributed by atoms with Gasteiger partial charge in [-0.05, 0) is 5.92 Å². The molecule has 0 aromatic heterocycles. The summed E-state index contributed by atoms with van der Waals surface area (Å²) in [6.07, 6.45) is 3.17. The molecule has 3 heteroatoms. The fourth-order valence-electron chi connectivity index (χ4n) is 0.285. The van der Waals surface area contributed by atoms with Crippen LogP contribution in [0.1, 0.15) is 13.8 Å². The van der Waals surface area contributed by atoms with E-state index in [1.807, 2.05) is 13.8 Å². The molecule has 0 heterocycles. The van der Waals surface area contributed by atoms with Crippen LogP contribution < -0.4 is 0 Å². The minimum Gasteiger partial charge on any atom is -0.398 e. The fraction of sp³-hybridized carbons (Fsp3) is 0.667. The van der Waals surface area contributed by atoms with Gasteiger partial charge >= 0.3 is 0 Å². The van der Waals surface area contributed by atoms with E-state index >= 15 is 0 Å². The number of oxime groups is 1. The molecule has 0 radical (unpaired) electrons. The van der Waals surface area contributed by atoms with Gasteiger partial charge in [-0.1, -0.05) is 19.0 Å². The summed E-state index contributed by atoms with van der Waals surface area (Å²) in [4.78, 5) is 8.20. The monoisotopic (exact) mass is 128 g/mol. The number of aliphatic imine (C=N–C) groups is 1. The molecule has 52 valence electrons. The lowest BCUT2D eigenvalue weighted by Gasteiger charge is -1.87. The van der Waals surface area contributed by atoms with Crippen molar-refractivity contribution < 1.29 is 4.84 Å². The third-order valence-corrected chi connectivity index (χ3v) is 0.603. The van der Waals surface area contributed by atoms with Gasteiger partial charge in [-0.3, -0.25) is 0 Å². The zero-order valence-electron chi connectivity index (χ0n) is 6.03. The third-order valence-electron chi connectivity index (χ3n) is 0.603. The molecule has 0 unspecified atom stereocenters. The van der Waals surface area contributed by atoms with Gasteiger partial charge in [-0.15, -0.1) is 0 Å². The largest absolute Gasteiger partial charge is 0.398 e. The molecule has 0 aromatic rings. The van der Waals surface area contributed by atoms with E-state index in [9.17, 15) is 0 Å². The highest BCUT2D eigenvalue weighted by Gasteiger charge is 1.80. The Kier molecular flexibility index (Phi) is 4.78. The normalized spacial score (nSPS) is 12.0. The van der Waals surface area contributed by atoms with E-state index in [1.165, 1.54) is 13.4 Å². The number of rotatable bonds is 3. The number of nitrogens with zero attached hydrogens (tertiary/aromatic N) is 2. The van der Waals surface area contributed by atoms with E-state index in [0.29, 0.717) is 5.92 Å². The van der Waals surface area contributed by atoms with Crippen molar-refractivity contribution in [1.29, 1.82) is 0 Å². The maximum Gasteiger partial charge on any atom is 0.154 e. The summed E-state index contributed by atoms with van der Waals surface area (Å²) < 4.78 is 0. The molecule has 0 aliphatic rings. The van der Waals surface area contributed by atoms with E-state index in [-0.39, 0.29) is 0 Å². The number of hydrogen-bond donors (Lipinski definition) is 0. The lowest BCUT2D eigenvalue weighted by molar-refractivity contribution is 0.215. The minimum atomic E-state index is 0.466. The molecule has 9 heavy (non-hydrogen) atoms. The molecule has 0 atom stereocenters. The Morgan fingerprint density at radius 1 is 1.44 bits per heavy atom. The zero-order chi connectivity index (χ0) is 7.11. The Labute approximate surface area is 55.4 Å². The van der Waals surface area contributed by atoms with Crippen LogP contribution in [0.4, 0.5) is 0 Å². The Morgan fingerprint density at radius 2 is 2.11 bits per heavy atom. The maximum atomic E-state index is 4.38. The van der Waals surface area contributed by atoms with E-state index < -0.39 is 0 Å². The molecule has 0 aromatic carbocycles. The predicted molar refractivity (Wildman–Crippen MR) is 38.8 cm³/mol. The molecule has 0 N–H and O–H groups in total. The molecule has 0 bridgehead atoms. The van der Waals surface area contributed by atoms with E-state index in [1.54, 1.807) is 6.21 Å². The predicted octanol–water partition coefficient (Wildman–Crippen LogP) is 1.30. The van der Waals surface area contributed by atoms with Crippen LogP contribution in [-0.2, 0) is 4.84 Å². The summed E-state index contributed by atoms with van der Waals surface area (Å²) in [5.41, 5.74) is 0. The van der Waals surface area contributed by atoms with Crippen molar-refractivity contribution in [3.05, 3.63) is 0 Å². The van der Waals surface area contributed by atoms with Crippen LogP contribution in [0.3, 0.4) is 0 Å². The quantitative estimate of drug-likeness (QED) is 0.320. The smallest absolute Gasteiger partial charge is 0.154 e.